The maximum absolute atomic E-state index is 10.3. The van der Waals surface area contributed by atoms with Crippen LogP contribution in [0.3, 0.4) is 0 Å². The summed E-state index contributed by atoms with van der Waals surface area (Å²) in [5.41, 5.74) is 2.75. The Kier molecular flexibility index (Phi) is 9.57. The van der Waals surface area contributed by atoms with Crippen LogP contribution in [-0.4, -0.2) is 50.0 Å². The lowest BCUT2D eigenvalue weighted by Gasteiger charge is -2.18. The molecule has 0 aliphatic heterocycles. The average Bonchev–Trinajstić information content (AvgIpc) is 2.12. The highest BCUT2D eigenvalue weighted by molar-refractivity contribution is 5.88. The average molecular weight is 293 g/mol. The highest BCUT2D eigenvalue weighted by Gasteiger charge is 2.40. The van der Waals surface area contributed by atoms with E-state index >= 15 is 0 Å². The maximum atomic E-state index is 10.3. The molecule has 0 amide bonds. The predicted molar refractivity (Wildman–Crippen MR) is 70.2 cm³/mol. The van der Waals surface area contributed by atoms with Crippen LogP contribution in [0.1, 0.15) is 40.0 Å². The fourth-order valence-electron chi connectivity index (χ4n) is 1.46. The van der Waals surface area contributed by atoms with Gasteiger partial charge in [0.2, 0.25) is 0 Å². The van der Waals surface area contributed by atoms with Gasteiger partial charge in [0.1, 0.15) is 0 Å². The summed E-state index contributed by atoms with van der Waals surface area (Å²) in [5.74, 6) is -4.27. The molecule has 20 heavy (non-hydrogen) atoms. The number of rotatable bonds is 7. The number of hydrogen-bond acceptors (Lipinski definition) is 5. The Hall–Kier alpha value is -1.67. The first kappa shape index (κ1) is 20.6. The van der Waals surface area contributed by atoms with Gasteiger partial charge < -0.3 is 26.2 Å². The minimum Gasteiger partial charge on any atom is -0.481 e. The number of carboxylic acids is 3. The summed E-state index contributed by atoms with van der Waals surface area (Å²) in [6.07, 6.45) is -1.15. The van der Waals surface area contributed by atoms with Gasteiger partial charge in [-0.25, -0.2) is 4.79 Å². The Morgan fingerprint density at radius 1 is 1.00 bits per heavy atom. The molecule has 0 aromatic rings. The van der Waals surface area contributed by atoms with Crippen LogP contribution in [0.5, 0.6) is 0 Å². The van der Waals surface area contributed by atoms with Crippen molar-refractivity contribution in [2.75, 3.05) is 0 Å². The van der Waals surface area contributed by atoms with Crippen molar-refractivity contribution in [2.45, 2.75) is 51.7 Å². The molecule has 1 unspecified atom stereocenters. The van der Waals surface area contributed by atoms with Crippen molar-refractivity contribution in [2.24, 2.45) is 11.7 Å². The summed E-state index contributed by atoms with van der Waals surface area (Å²) in [7, 11) is 0. The van der Waals surface area contributed by atoms with Crippen molar-refractivity contribution in [3.8, 4) is 0 Å². The zero-order valence-electron chi connectivity index (χ0n) is 11.9. The lowest BCUT2D eigenvalue weighted by Crippen LogP contribution is -2.42. The van der Waals surface area contributed by atoms with Gasteiger partial charge in [0, 0.05) is 6.04 Å². The van der Waals surface area contributed by atoms with E-state index in [1.165, 1.54) is 0 Å². The minimum absolute atomic E-state index is 0.375. The van der Waals surface area contributed by atoms with Gasteiger partial charge in [-0.15, -0.1) is 0 Å². The fourth-order valence-corrected chi connectivity index (χ4v) is 1.46. The van der Waals surface area contributed by atoms with Gasteiger partial charge in [0.05, 0.1) is 12.8 Å². The molecule has 0 radical (unpaired) electrons. The van der Waals surface area contributed by atoms with Crippen molar-refractivity contribution < 1.29 is 34.8 Å². The molecule has 0 saturated heterocycles. The van der Waals surface area contributed by atoms with Gasteiger partial charge in [0.15, 0.2) is 5.60 Å². The van der Waals surface area contributed by atoms with Crippen molar-refractivity contribution in [3.63, 3.8) is 0 Å². The van der Waals surface area contributed by atoms with E-state index in [0.717, 1.165) is 12.3 Å². The molecule has 0 saturated carbocycles. The van der Waals surface area contributed by atoms with E-state index in [0.29, 0.717) is 6.04 Å². The number of carbonyl (C=O) groups is 3. The van der Waals surface area contributed by atoms with Crippen LogP contribution in [0.15, 0.2) is 0 Å². The van der Waals surface area contributed by atoms with Crippen molar-refractivity contribution in [1.29, 1.82) is 0 Å². The normalized spacial score (nSPS) is 12.3. The molecule has 0 fully saturated rings. The minimum atomic E-state index is -2.74. The second-order valence-corrected chi connectivity index (χ2v) is 5.08. The van der Waals surface area contributed by atoms with Gasteiger partial charge in [-0.05, 0) is 19.3 Å². The summed E-state index contributed by atoms with van der Waals surface area (Å²) < 4.78 is 0. The smallest absolute Gasteiger partial charge is 0.336 e. The molecule has 6 N–H and O–H groups in total. The van der Waals surface area contributed by atoms with E-state index < -0.39 is 36.4 Å². The topological polar surface area (TPSA) is 158 Å². The Morgan fingerprint density at radius 3 is 1.45 bits per heavy atom. The van der Waals surface area contributed by atoms with Crippen LogP contribution < -0.4 is 5.73 Å². The molecule has 0 heterocycles. The SMILES string of the molecule is CC(C)CC(C)N.O=C(O)CC(O)(CC(=O)O)C(=O)O. The zero-order chi connectivity index (χ0) is 16.5. The van der Waals surface area contributed by atoms with Crippen molar-refractivity contribution in [1.82, 2.24) is 0 Å². The first-order valence-corrected chi connectivity index (χ1v) is 6.05. The fraction of sp³-hybridized carbons (Fsp3) is 0.750. The van der Waals surface area contributed by atoms with Crippen LogP contribution in [0.4, 0.5) is 0 Å². The lowest BCUT2D eigenvalue weighted by atomic mass is 9.96. The Balaban J connectivity index is 0. The van der Waals surface area contributed by atoms with Crippen LogP contribution >= 0.6 is 0 Å². The molecule has 0 bridgehead atoms. The molecular weight excluding hydrogens is 270 g/mol. The molecule has 8 heteroatoms. The summed E-state index contributed by atoms with van der Waals surface area (Å²) in [5, 5.41) is 33.8. The van der Waals surface area contributed by atoms with Gasteiger partial charge >= 0.3 is 17.9 Å². The van der Waals surface area contributed by atoms with E-state index in [4.69, 9.17) is 26.2 Å². The third-order valence-electron chi connectivity index (χ3n) is 2.13. The Bertz CT molecular complexity index is 317. The molecule has 8 nitrogen and oxygen atoms in total. The Labute approximate surface area is 117 Å². The van der Waals surface area contributed by atoms with Crippen LogP contribution in [0.25, 0.3) is 0 Å². The molecule has 0 aromatic heterocycles. The molecule has 0 aliphatic carbocycles. The van der Waals surface area contributed by atoms with Crippen molar-refractivity contribution >= 4 is 17.9 Å². The molecule has 0 spiro atoms. The molecule has 1 atom stereocenters. The number of aliphatic hydroxyl groups is 1. The molecule has 0 aromatic carbocycles. The molecule has 0 aliphatic rings. The molecular formula is C12H23NO7. The van der Waals surface area contributed by atoms with Crippen molar-refractivity contribution in [3.05, 3.63) is 0 Å². The third-order valence-corrected chi connectivity index (χ3v) is 2.13. The van der Waals surface area contributed by atoms with Gasteiger partial charge in [0.25, 0.3) is 0 Å². The highest BCUT2D eigenvalue weighted by atomic mass is 16.4. The monoisotopic (exact) mass is 293 g/mol. The van der Waals surface area contributed by atoms with Crippen LogP contribution in [0, 0.1) is 5.92 Å². The van der Waals surface area contributed by atoms with Crippen LogP contribution in [-0.2, 0) is 14.4 Å². The number of hydrogen-bond donors (Lipinski definition) is 5. The standard InChI is InChI=1S/C6H15N.C6H8O7/c1-5(2)4-6(3)7;7-3(8)1-6(13,5(11)12)2-4(9)10/h5-6H,4,7H2,1-3H3;13H,1-2H2,(H,7,8)(H,9,10)(H,11,12). The second kappa shape index (κ2) is 9.27. The highest BCUT2D eigenvalue weighted by Crippen LogP contribution is 2.15. The number of nitrogens with two attached hydrogens (primary N) is 1. The maximum Gasteiger partial charge on any atom is 0.336 e. The second-order valence-electron chi connectivity index (χ2n) is 5.08. The number of carboxylic acid groups (broad SMARTS) is 3. The summed E-state index contributed by atoms with van der Waals surface area (Å²) >= 11 is 0. The summed E-state index contributed by atoms with van der Waals surface area (Å²) in [6, 6.07) is 0.375. The molecule has 118 valence electrons. The zero-order valence-corrected chi connectivity index (χ0v) is 11.9. The van der Waals surface area contributed by atoms with Gasteiger partial charge in [-0.1, -0.05) is 13.8 Å². The third kappa shape index (κ3) is 11.4. The largest absolute Gasteiger partial charge is 0.481 e. The van der Waals surface area contributed by atoms with E-state index in [1.54, 1.807) is 0 Å². The van der Waals surface area contributed by atoms with E-state index in [9.17, 15) is 14.4 Å². The van der Waals surface area contributed by atoms with E-state index in [2.05, 4.69) is 13.8 Å². The predicted octanol–water partition coefficient (Wildman–Crippen LogP) is 0.131. The Morgan fingerprint density at radius 2 is 1.35 bits per heavy atom. The first-order valence-electron chi connectivity index (χ1n) is 6.05. The lowest BCUT2D eigenvalue weighted by molar-refractivity contribution is -0.170. The quantitative estimate of drug-likeness (QED) is 0.443. The van der Waals surface area contributed by atoms with Gasteiger partial charge in [-0.3, -0.25) is 9.59 Å². The van der Waals surface area contributed by atoms with E-state index in [-0.39, 0.29) is 0 Å². The van der Waals surface area contributed by atoms with E-state index in [1.807, 2.05) is 6.92 Å². The van der Waals surface area contributed by atoms with Crippen LogP contribution in [0.2, 0.25) is 0 Å². The van der Waals surface area contributed by atoms with Gasteiger partial charge in [-0.2, -0.15) is 0 Å². The molecule has 0 rings (SSSR count). The summed E-state index contributed by atoms with van der Waals surface area (Å²) in [4.78, 5) is 30.5. The summed E-state index contributed by atoms with van der Waals surface area (Å²) in [6.45, 7) is 6.41. The number of aliphatic carboxylic acids is 3. The first-order chi connectivity index (χ1) is 8.90.